The van der Waals surface area contributed by atoms with E-state index in [4.69, 9.17) is 0 Å². The standard InChI is InChI=1S/C18H20N6O2/c1-23-16(21-17(25)12-14-6-3-2-4-7-14)13-15(22-23)18(26)19-9-11-24-10-5-8-20-24/h2-8,10,13H,9,11-12H2,1H3,(H,19,26)(H,21,25). The Hall–Kier alpha value is -3.42. The monoisotopic (exact) mass is 352 g/mol. The first-order chi connectivity index (χ1) is 12.6. The van der Waals surface area contributed by atoms with Crippen molar-refractivity contribution in [2.45, 2.75) is 13.0 Å². The van der Waals surface area contributed by atoms with Crippen LogP contribution < -0.4 is 10.6 Å². The summed E-state index contributed by atoms with van der Waals surface area (Å²) in [6, 6.07) is 12.8. The van der Waals surface area contributed by atoms with Gasteiger partial charge in [-0.15, -0.1) is 0 Å². The largest absolute Gasteiger partial charge is 0.349 e. The summed E-state index contributed by atoms with van der Waals surface area (Å²) >= 11 is 0. The van der Waals surface area contributed by atoms with Crippen molar-refractivity contribution in [2.24, 2.45) is 7.05 Å². The second kappa shape index (κ2) is 8.11. The number of hydrogen-bond acceptors (Lipinski definition) is 4. The minimum atomic E-state index is -0.295. The van der Waals surface area contributed by atoms with Crippen molar-refractivity contribution in [3.05, 3.63) is 66.1 Å². The first-order valence-corrected chi connectivity index (χ1v) is 8.25. The summed E-state index contributed by atoms with van der Waals surface area (Å²) in [6.07, 6.45) is 3.77. The van der Waals surface area contributed by atoms with Crippen LogP contribution in [0.3, 0.4) is 0 Å². The molecule has 3 rings (SSSR count). The maximum Gasteiger partial charge on any atom is 0.271 e. The minimum Gasteiger partial charge on any atom is -0.349 e. The molecule has 8 heteroatoms. The molecular weight excluding hydrogens is 332 g/mol. The van der Waals surface area contributed by atoms with E-state index in [0.29, 0.717) is 18.9 Å². The molecule has 2 heterocycles. The van der Waals surface area contributed by atoms with Crippen molar-refractivity contribution in [1.29, 1.82) is 0 Å². The highest BCUT2D eigenvalue weighted by Gasteiger charge is 2.14. The zero-order valence-electron chi connectivity index (χ0n) is 14.4. The zero-order valence-corrected chi connectivity index (χ0v) is 14.4. The predicted octanol–water partition coefficient (Wildman–Crippen LogP) is 1.23. The maximum absolute atomic E-state index is 12.2. The zero-order chi connectivity index (χ0) is 18.4. The number of rotatable bonds is 7. The van der Waals surface area contributed by atoms with Crippen molar-refractivity contribution in [1.82, 2.24) is 24.9 Å². The van der Waals surface area contributed by atoms with Crippen molar-refractivity contribution in [2.75, 3.05) is 11.9 Å². The average Bonchev–Trinajstić information content (AvgIpc) is 3.26. The quantitative estimate of drug-likeness (QED) is 0.669. The van der Waals surface area contributed by atoms with Gasteiger partial charge in [-0.25, -0.2) is 0 Å². The molecule has 0 atom stereocenters. The smallest absolute Gasteiger partial charge is 0.271 e. The van der Waals surface area contributed by atoms with E-state index in [-0.39, 0.29) is 23.9 Å². The van der Waals surface area contributed by atoms with Gasteiger partial charge in [0.2, 0.25) is 5.91 Å². The van der Waals surface area contributed by atoms with Gasteiger partial charge in [-0.3, -0.25) is 19.0 Å². The Morgan fingerprint density at radius 1 is 1.15 bits per heavy atom. The summed E-state index contributed by atoms with van der Waals surface area (Å²) in [5.74, 6) is 0.0179. The van der Waals surface area contributed by atoms with Crippen LogP contribution >= 0.6 is 0 Å². The van der Waals surface area contributed by atoms with Crippen molar-refractivity contribution in [3.63, 3.8) is 0 Å². The predicted molar refractivity (Wildman–Crippen MR) is 96.5 cm³/mol. The summed E-state index contributed by atoms with van der Waals surface area (Å²) in [6.45, 7) is 1.01. The van der Waals surface area contributed by atoms with Gasteiger partial charge in [0.1, 0.15) is 5.82 Å². The molecule has 0 fully saturated rings. The summed E-state index contributed by atoms with van der Waals surface area (Å²) in [5, 5.41) is 13.8. The summed E-state index contributed by atoms with van der Waals surface area (Å²) in [4.78, 5) is 24.3. The first-order valence-electron chi connectivity index (χ1n) is 8.25. The van der Waals surface area contributed by atoms with Gasteiger partial charge in [0.15, 0.2) is 5.69 Å². The van der Waals surface area contributed by atoms with Crippen LogP contribution in [0, 0.1) is 0 Å². The van der Waals surface area contributed by atoms with E-state index < -0.39 is 0 Å². The van der Waals surface area contributed by atoms with Crippen LogP contribution in [-0.2, 0) is 24.8 Å². The second-order valence-corrected chi connectivity index (χ2v) is 5.77. The molecule has 0 radical (unpaired) electrons. The summed E-state index contributed by atoms with van der Waals surface area (Å²) in [7, 11) is 1.68. The lowest BCUT2D eigenvalue weighted by Gasteiger charge is -2.04. The fourth-order valence-corrected chi connectivity index (χ4v) is 2.47. The lowest BCUT2D eigenvalue weighted by atomic mass is 10.1. The Morgan fingerprint density at radius 3 is 2.69 bits per heavy atom. The van der Waals surface area contributed by atoms with Gasteiger partial charge in [-0.05, 0) is 11.6 Å². The third-order valence-electron chi connectivity index (χ3n) is 3.77. The van der Waals surface area contributed by atoms with Crippen LogP contribution in [0.2, 0.25) is 0 Å². The molecule has 0 aliphatic carbocycles. The molecule has 8 nitrogen and oxygen atoms in total. The van der Waals surface area contributed by atoms with Crippen molar-refractivity contribution >= 4 is 17.6 Å². The van der Waals surface area contributed by atoms with E-state index in [0.717, 1.165) is 5.56 Å². The second-order valence-electron chi connectivity index (χ2n) is 5.77. The number of carbonyl (C=O) groups excluding carboxylic acids is 2. The normalized spacial score (nSPS) is 10.5. The lowest BCUT2D eigenvalue weighted by molar-refractivity contribution is -0.115. The van der Waals surface area contributed by atoms with E-state index in [1.165, 1.54) is 4.68 Å². The van der Waals surface area contributed by atoms with Crippen LogP contribution in [-0.4, -0.2) is 37.9 Å². The van der Waals surface area contributed by atoms with E-state index >= 15 is 0 Å². The highest BCUT2D eigenvalue weighted by atomic mass is 16.2. The van der Waals surface area contributed by atoms with E-state index in [2.05, 4.69) is 20.8 Å². The maximum atomic E-state index is 12.2. The molecule has 2 amide bonds. The van der Waals surface area contributed by atoms with Crippen LogP contribution in [0.5, 0.6) is 0 Å². The van der Waals surface area contributed by atoms with Crippen LogP contribution in [0.1, 0.15) is 16.1 Å². The SMILES string of the molecule is Cn1nc(C(=O)NCCn2cccn2)cc1NC(=O)Cc1ccccc1. The van der Waals surface area contributed by atoms with Gasteiger partial charge in [0, 0.05) is 32.1 Å². The number of aromatic nitrogens is 4. The van der Waals surface area contributed by atoms with E-state index in [1.54, 1.807) is 24.0 Å². The molecule has 0 spiro atoms. The number of carbonyl (C=O) groups is 2. The van der Waals surface area contributed by atoms with Gasteiger partial charge in [0.05, 0.1) is 13.0 Å². The van der Waals surface area contributed by atoms with Gasteiger partial charge in [-0.1, -0.05) is 30.3 Å². The molecule has 3 aromatic rings. The number of benzene rings is 1. The first kappa shape index (κ1) is 17.4. The highest BCUT2D eigenvalue weighted by Crippen LogP contribution is 2.10. The molecule has 0 saturated carbocycles. The van der Waals surface area contributed by atoms with Gasteiger partial charge < -0.3 is 10.6 Å². The Morgan fingerprint density at radius 2 is 1.96 bits per heavy atom. The number of anilines is 1. The molecule has 0 bridgehead atoms. The Kier molecular flexibility index (Phi) is 5.43. The lowest BCUT2D eigenvalue weighted by Crippen LogP contribution is -2.27. The molecule has 0 aliphatic heterocycles. The summed E-state index contributed by atoms with van der Waals surface area (Å²) < 4.78 is 3.21. The number of aryl methyl sites for hydroxylation is 1. The third-order valence-corrected chi connectivity index (χ3v) is 3.77. The van der Waals surface area contributed by atoms with Gasteiger partial charge in [0.25, 0.3) is 5.91 Å². The topological polar surface area (TPSA) is 93.8 Å². The van der Waals surface area contributed by atoms with E-state index in [9.17, 15) is 9.59 Å². The van der Waals surface area contributed by atoms with Crippen molar-refractivity contribution < 1.29 is 9.59 Å². The number of amides is 2. The van der Waals surface area contributed by atoms with Crippen molar-refractivity contribution in [3.8, 4) is 0 Å². The third kappa shape index (κ3) is 4.56. The molecule has 0 aliphatic rings. The van der Waals surface area contributed by atoms with Crippen LogP contribution in [0.25, 0.3) is 0 Å². The molecular formula is C18H20N6O2. The Labute approximate surface area is 150 Å². The van der Waals surface area contributed by atoms with Crippen LogP contribution in [0.15, 0.2) is 54.9 Å². The number of nitrogens with zero attached hydrogens (tertiary/aromatic N) is 4. The fraction of sp³-hybridized carbons (Fsp3) is 0.222. The molecule has 2 aromatic heterocycles. The minimum absolute atomic E-state index is 0.162. The van der Waals surface area contributed by atoms with E-state index in [1.807, 2.05) is 42.6 Å². The van der Waals surface area contributed by atoms with Crippen LogP contribution in [0.4, 0.5) is 5.82 Å². The summed E-state index contributed by atoms with van der Waals surface area (Å²) in [5.41, 5.74) is 1.17. The molecule has 134 valence electrons. The molecule has 1 aromatic carbocycles. The Bertz CT molecular complexity index is 870. The number of hydrogen-bond donors (Lipinski definition) is 2. The molecule has 0 unspecified atom stereocenters. The highest BCUT2D eigenvalue weighted by molar-refractivity contribution is 5.95. The molecule has 0 saturated heterocycles. The molecule has 26 heavy (non-hydrogen) atoms. The molecule has 2 N–H and O–H groups in total. The average molecular weight is 352 g/mol. The Balaban J connectivity index is 1.54. The van der Waals surface area contributed by atoms with Gasteiger partial charge in [-0.2, -0.15) is 10.2 Å². The number of nitrogens with one attached hydrogen (secondary N) is 2. The van der Waals surface area contributed by atoms with Gasteiger partial charge >= 0.3 is 0 Å². The fourth-order valence-electron chi connectivity index (χ4n) is 2.47.